The molecule has 0 spiro atoms. The molecule has 0 radical (unpaired) electrons. The molecule has 0 aromatic carbocycles. The van der Waals surface area contributed by atoms with Gasteiger partial charge < -0.3 is 5.32 Å². The quantitative estimate of drug-likeness (QED) is 0.900. The Labute approximate surface area is 120 Å². The topological polar surface area (TPSA) is 41.1 Å². The average molecular weight is 283 g/mol. The van der Waals surface area contributed by atoms with E-state index in [1.54, 1.807) is 12.4 Å². The Bertz CT molecular complexity index is 374. The molecule has 106 valence electrons. The molecule has 1 saturated heterocycles. The molecule has 1 aromatic heterocycles. The predicted octanol–water partition coefficient (Wildman–Crippen LogP) is 2.34. The molecule has 5 heteroatoms. The van der Waals surface area contributed by atoms with Crippen molar-refractivity contribution in [2.45, 2.75) is 39.3 Å². The maximum Gasteiger partial charge on any atom is 0.147 e. The molecule has 2 heterocycles. The van der Waals surface area contributed by atoms with Crippen LogP contribution in [0, 0.1) is 5.92 Å². The summed E-state index contributed by atoms with van der Waals surface area (Å²) in [6.07, 6.45) is 6.01. The van der Waals surface area contributed by atoms with Gasteiger partial charge in [-0.2, -0.15) is 0 Å². The lowest BCUT2D eigenvalue weighted by Gasteiger charge is -2.32. The first kappa shape index (κ1) is 14.7. The van der Waals surface area contributed by atoms with E-state index in [4.69, 9.17) is 11.6 Å². The van der Waals surface area contributed by atoms with E-state index in [1.165, 1.54) is 19.4 Å². The van der Waals surface area contributed by atoms with E-state index in [1.807, 2.05) is 0 Å². The number of hydrogen-bond donors (Lipinski definition) is 1. The molecule has 1 aliphatic heterocycles. The summed E-state index contributed by atoms with van der Waals surface area (Å²) in [6, 6.07) is 0.513. The highest BCUT2D eigenvalue weighted by atomic mass is 35.5. The van der Waals surface area contributed by atoms with Gasteiger partial charge in [-0.3, -0.25) is 9.88 Å². The Morgan fingerprint density at radius 1 is 1.42 bits per heavy atom. The molecule has 1 unspecified atom stereocenters. The smallest absolute Gasteiger partial charge is 0.147 e. The third-order valence-electron chi connectivity index (χ3n) is 3.66. The fourth-order valence-electron chi connectivity index (χ4n) is 2.50. The van der Waals surface area contributed by atoms with Crippen LogP contribution in [-0.2, 0) is 6.54 Å². The van der Waals surface area contributed by atoms with E-state index in [0.717, 1.165) is 31.2 Å². The van der Waals surface area contributed by atoms with Crippen LogP contribution in [0.25, 0.3) is 0 Å². The van der Waals surface area contributed by atoms with Gasteiger partial charge in [0.2, 0.25) is 0 Å². The lowest BCUT2D eigenvalue weighted by atomic mass is 9.98. The monoisotopic (exact) mass is 282 g/mol. The molecule has 1 aliphatic rings. The van der Waals surface area contributed by atoms with Gasteiger partial charge >= 0.3 is 0 Å². The van der Waals surface area contributed by atoms with E-state index in [2.05, 4.69) is 34.0 Å². The Morgan fingerprint density at radius 3 is 2.84 bits per heavy atom. The van der Waals surface area contributed by atoms with Gasteiger partial charge in [0, 0.05) is 19.1 Å². The minimum Gasteiger partial charge on any atom is -0.316 e. The van der Waals surface area contributed by atoms with Crippen LogP contribution < -0.4 is 5.32 Å². The fourth-order valence-corrected chi connectivity index (χ4v) is 2.60. The second kappa shape index (κ2) is 7.17. The largest absolute Gasteiger partial charge is 0.316 e. The first-order chi connectivity index (χ1) is 9.15. The third-order valence-corrected chi connectivity index (χ3v) is 3.86. The summed E-state index contributed by atoms with van der Waals surface area (Å²) in [5, 5.41) is 3.93. The summed E-state index contributed by atoms with van der Waals surface area (Å²) in [5.74, 6) is 0.747. The zero-order valence-electron chi connectivity index (χ0n) is 11.8. The van der Waals surface area contributed by atoms with Crippen LogP contribution in [0.3, 0.4) is 0 Å². The van der Waals surface area contributed by atoms with Crippen molar-refractivity contribution in [3.05, 3.63) is 23.2 Å². The van der Waals surface area contributed by atoms with Crippen LogP contribution in [0.2, 0.25) is 5.15 Å². The first-order valence-corrected chi connectivity index (χ1v) is 7.44. The number of hydrogen-bond acceptors (Lipinski definition) is 4. The van der Waals surface area contributed by atoms with Crippen LogP contribution in [0.1, 0.15) is 32.4 Å². The van der Waals surface area contributed by atoms with Crippen molar-refractivity contribution < 1.29 is 0 Å². The van der Waals surface area contributed by atoms with Crippen LogP contribution in [-0.4, -0.2) is 40.5 Å². The summed E-state index contributed by atoms with van der Waals surface area (Å²) >= 11 is 5.77. The Balaban J connectivity index is 1.93. The molecular formula is C14H23ClN4. The molecule has 2 rings (SSSR count). The number of aromatic nitrogens is 2. The summed E-state index contributed by atoms with van der Waals surface area (Å²) in [4.78, 5) is 10.9. The van der Waals surface area contributed by atoms with Crippen molar-refractivity contribution >= 4 is 11.6 Å². The molecule has 0 bridgehead atoms. The third kappa shape index (κ3) is 4.71. The Morgan fingerprint density at radius 2 is 2.26 bits per heavy atom. The van der Waals surface area contributed by atoms with Crippen molar-refractivity contribution in [2.24, 2.45) is 5.92 Å². The summed E-state index contributed by atoms with van der Waals surface area (Å²) < 4.78 is 0. The Kier molecular flexibility index (Phi) is 5.55. The van der Waals surface area contributed by atoms with Gasteiger partial charge in [-0.1, -0.05) is 11.6 Å². The van der Waals surface area contributed by atoms with Crippen molar-refractivity contribution in [3.63, 3.8) is 0 Å². The van der Waals surface area contributed by atoms with Crippen molar-refractivity contribution in [1.29, 1.82) is 0 Å². The summed E-state index contributed by atoms with van der Waals surface area (Å²) in [6.45, 7) is 8.74. The highest BCUT2D eigenvalue weighted by molar-refractivity contribution is 6.29. The van der Waals surface area contributed by atoms with Gasteiger partial charge in [-0.15, -0.1) is 0 Å². The lowest BCUT2D eigenvalue weighted by molar-refractivity contribution is 0.162. The van der Waals surface area contributed by atoms with Crippen LogP contribution in [0.15, 0.2) is 12.4 Å². The molecular weight excluding hydrogens is 260 g/mol. The molecule has 0 amide bonds. The standard InChI is InChI=1S/C14H23ClN4/c1-11(2)19(9-12-4-3-5-16-6-12)10-13-7-18-14(15)8-17-13/h7-8,11-12,16H,3-6,9-10H2,1-2H3. The first-order valence-electron chi connectivity index (χ1n) is 7.06. The van der Waals surface area contributed by atoms with Gasteiger partial charge in [0.1, 0.15) is 5.15 Å². The fraction of sp³-hybridized carbons (Fsp3) is 0.714. The minimum atomic E-state index is 0.455. The maximum absolute atomic E-state index is 5.77. The zero-order chi connectivity index (χ0) is 13.7. The van der Waals surface area contributed by atoms with Crippen LogP contribution in [0.4, 0.5) is 0 Å². The van der Waals surface area contributed by atoms with Crippen molar-refractivity contribution in [2.75, 3.05) is 19.6 Å². The number of nitrogens with one attached hydrogen (secondary N) is 1. The molecule has 1 N–H and O–H groups in total. The molecule has 0 saturated carbocycles. The van der Waals surface area contributed by atoms with Gasteiger partial charge in [-0.25, -0.2) is 4.98 Å². The second-order valence-corrected chi connectivity index (χ2v) is 5.95. The number of piperidine rings is 1. The number of rotatable bonds is 5. The van der Waals surface area contributed by atoms with Crippen LogP contribution >= 0.6 is 11.6 Å². The number of nitrogens with zero attached hydrogens (tertiary/aromatic N) is 3. The SMILES string of the molecule is CC(C)N(Cc1cnc(Cl)cn1)CC1CCCNC1. The van der Waals surface area contributed by atoms with Gasteiger partial charge in [0.15, 0.2) is 0 Å². The average Bonchev–Trinajstić information content (AvgIpc) is 2.41. The zero-order valence-corrected chi connectivity index (χ0v) is 12.5. The highest BCUT2D eigenvalue weighted by Crippen LogP contribution is 2.15. The van der Waals surface area contributed by atoms with Gasteiger partial charge in [0.05, 0.1) is 18.1 Å². The normalized spacial score (nSPS) is 20.2. The van der Waals surface area contributed by atoms with E-state index in [9.17, 15) is 0 Å². The van der Waals surface area contributed by atoms with Gasteiger partial charge in [-0.05, 0) is 45.7 Å². The van der Waals surface area contributed by atoms with E-state index in [-0.39, 0.29) is 0 Å². The van der Waals surface area contributed by atoms with Crippen molar-refractivity contribution in [3.8, 4) is 0 Å². The Hall–Kier alpha value is -0.710. The maximum atomic E-state index is 5.77. The van der Waals surface area contributed by atoms with E-state index in [0.29, 0.717) is 11.2 Å². The molecule has 1 atom stereocenters. The molecule has 0 aliphatic carbocycles. The molecule has 1 fully saturated rings. The predicted molar refractivity (Wildman–Crippen MR) is 78.2 cm³/mol. The molecule has 4 nitrogen and oxygen atoms in total. The van der Waals surface area contributed by atoms with E-state index >= 15 is 0 Å². The van der Waals surface area contributed by atoms with Crippen LogP contribution in [0.5, 0.6) is 0 Å². The molecule has 19 heavy (non-hydrogen) atoms. The van der Waals surface area contributed by atoms with E-state index < -0.39 is 0 Å². The molecule has 1 aromatic rings. The van der Waals surface area contributed by atoms with Gasteiger partial charge in [0.25, 0.3) is 0 Å². The van der Waals surface area contributed by atoms with Crippen molar-refractivity contribution in [1.82, 2.24) is 20.2 Å². The summed E-state index contributed by atoms with van der Waals surface area (Å²) in [7, 11) is 0. The lowest BCUT2D eigenvalue weighted by Crippen LogP contribution is -2.40. The summed E-state index contributed by atoms with van der Waals surface area (Å²) in [5.41, 5.74) is 0.988. The minimum absolute atomic E-state index is 0.455. The second-order valence-electron chi connectivity index (χ2n) is 5.57. The number of halogens is 1. The highest BCUT2D eigenvalue weighted by Gasteiger charge is 2.19.